The normalized spacial score (nSPS) is 10.1. The molecule has 1 amide bonds. The maximum absolute atomic E-state index is 12.8. The number of nitro benzene ring substituents is 1. The van der Waals surface area contributed by atoms with E-state index in [1.165, 1.54) is 42.5 Å². The smallest absolute Gasteiger partial charge is 0.284 e. The summed E-state index contributed by atoms with van der Waals surface area (Å²) in [4.78, 5) is 22.2. The minimum Gasteiger partial charge on any atom is -0.322 e. The molecule has 0 aliphatic rings. The van der Waals surface area contributed by atoms with E-state index in [0.29, 0.717) is 5.69 Å². The van der Waals surface area contributed by atoms with E-state index < -0.39 is 16.6 Å². The van der Waals surface area contributed by atoms with Gasteiger partial charge < -0.3 is 5.32 Å². The van der Waals surface area contributed by atoms with Crippen LogP contribution in [0.3, 0.4) is 0 Å². The maximum atomic E-state index is 12.8. The lowest BCUT2D eigenvalue weighted by Gasteiger charge is -2.07. The highest BCUT2D eigenvalue weighted by Crippen LogP contribution is 2.28. The van der Waals surface area contributed by atoms with Crippen LogP contribution >= 0.6 is 15.9 Å². The van der Waals surface area contributed by atoms with Crippen LogP contribution in [0, 0.1) is 15.9 Å². The molecular formula is C13H8BrFN2O3. The molecule has 102 valence electrons. The number of amides is 1. The maximum Gasteiger partial charge on any atom is 0.284 e. The van der Waals surface area contributed by atoms with Crippen molar-refractivity contribution in [3.05, 3.63) is 68.4 Å². The van der Waals surface area contributed by atoms with Crippen molar-refractivity contribution in [3.63, 3.8) is 0 Å². The molecule has 0 heterocycles. The van der Waals surface area contributed by atoms with Gasteiger partial charge in [-0.15, -0.1) is 0 Å². The fraction of sp³-hybridized carbons (Fsp3) is 0. The Morgan fingerprint density at radius 3 is 2.45 bits per heavy atom. The number of nitrogens with zero attached hydrogens (tertiary/aromatic N) is 1. The van der Waals surface area contributed by atoms with Crippen molar-refractivity contribution in [1.29, 1.82) is 0 Å². The van der Waals surface area contributed by atoms with Gasteiger partial charge in [0.1, 0.15) is 10.3 Å². The van der Waals surface area contributed by atoms with Gasteiger partial charge in [-0.1, -0.05) is 6.07 Å². The van der Waals surface area contributed by atoms with Crippen LogP contribution in [0.25, 0.3) is 0 Å². The van der Waals surface area contributed by atoms with E-state index >= 15 is 0 Å². The highest BCUT2D eigenvalue weighted by molar-refractivity contribution is 9.10. The zero-order valence-electron chi connectivity index (χ0n) is 9.97. The van der Waals surface area contributed by atoms with Gasteiger partial charge in [0.2, 0.25) is 0 Å². The molecule has 0 aromatic heterocycles. The zero-order chi connectivity index (χ0) is 14.7. The average molecular weight is 339 g/mol. The van der Waals surface area contributed by atoms with Gasteiger partial charge in [0.15, 0.2) is 0 Å². The highest BCUT2D eigenvalue weighted by Gasteiger charge is 2.19. The minimum absolute atomic E-state index is 0.101. The molecule has 2 aromatic carbocycles. The first-order valence-electron chi connectivity index (χ1n) is 5.49. The summed E-state index contributed by atoms with van der Waals surface area (Å²) in [5.41, 5.74) is 0.329. The van der Waals surface area contributed by atoms with Crippen LogP contribution in [-0.2, 0) is 0 Å². The lowest BCUT2D eigenvalue weighted by atomic mass is 10.2. The number of carbonyl (C=O) groups excluding carboxylic acids is 1. The molecule has 0 bridgehead atoms. The number of rotatable bonds is 3. The molecule has 0 aliphatic carbocycles. The summed E-state index contributed by atoms with van der Waals surface area (Å²) in [6.45, 7) is 0. The Balaban J connectivity index is 2.28. The molecule has 2 aromatic rings. The van der Waals surface area contributed by atoms with Crippen LogP contribution in [-0.4, -0.2) is 10.8 Å². The quantitative estimate of drug-likeness (QED) is 0.684. The summed E-state index contributed by atoms with van der Waals surface area (Å²) in [5, 5.41) is 13.3. The molecule has 7 heteroatoms. The van der Waals surface area contributed by atoms with Gasteiger partial charge in [0.05, 0.1) is 10.5 Å². The Morgan fingerprint density at radius 2 is 1.85 bits per heavy atom. The van der Waals surface area contributed by atoms with E-state index in [4.69, 9.17) is 0 Å². The van der Waals surface area contributed by atoms with Gasteiger partial charge >= 0.3 is 0 Å². The molecule has 0 spiro atoms. The predicted octanol–water partition coefficient (Wildman–Crippen LogP) is 3.75. The fourth-order valence-corrected chi connectivity index (χ4v) is 2.16. The monoisotopic (exact) mass is 338 g/mol. The molecule has 20 heavy (non-hydrogen) atoms. The molecule has 5 nitrogen and oxygen atoms in total. The first-order valence-corrected chi connectivity index (χ1v) is 6.28. The number of carbonyl (C=O) groups is 1. The number of anilines is 1. The molecule has 2 rings (SSSR count). The zero-order valence-corrected chi connectivity index (χ0v) is 11.6. The number of halogens is 2. The summed E-state index contributed by atoms with van der Waals surface area (Å²) < 4.78 is 12.9. The number of hydrogen-bond donors (Lipinski definition) is 1. The van der Waals surface area contributed by atoms with Crippen LogP contribution in [0.2, 0.25) is 0 Å². The highest BCUT2D eigenvalue weighted by atomic mass is 79.9. The van der Waals surface area contributed by atoms with E-state index in [1.807, 2.05) is 0 Å². The fourth-order valence-electron chi connectivity index (χ4n) is 1.57. The summed E-state index contributed by atoms with van der Waals surface area (Å²) in [6, 6.07) is 9.38. The molecule has 0 fully saturated rings. The Hall–Kier alpha value is -2.28. The van der Waals surface area contributed by atoms with Gasteiger partial charge in [-0.2, -0.15) is 0 Å². The summed E-state index contributed by atoms with van der Waals surface area (Å²) in [5.74, 6) is -0.938. The lowest BCUT2D eigenvalue weighted by Crippen LogP contribution is -2.13. The molecule has 0 aliphatic heterocycles. The molecule has 1 N–H and O–H groups in total. The second-order valence-electron chi connectivity index (χ2n) is 3.86. The van der Waals surface area contributed by atoms with E-state index in [-0.39, 0.29) is 15.7 Å². The SMILES string of the molecule is O=C(Nc1ccc(F)cc1)c1cccc([N+](=O)[O-])c1Br. The van der Waals surface area contributed by atoms with Crippen LogP contribution in [0.1, 0.15) is 10.4 Å². The van der Waals surface area contributed by atoms with Gasteiger partial charge in [0, 0.05) is 11.8 Å². The van der Waals surface area contributed by atoms with Gasteiger partial charge in [0.25, 0.3) is 11.6 Å². The lowest BCUT2D eigenvalue weighted by molar-refractivity contribution is -0.385. The second kappa shape index (κ2) is 5.79. The van der Waals surface area contributed by atoms with Crippen molar-refractivity contribution in [2.24, 2.45) is 0 Å². The second-order valence-corrected chi connectivity index (χ2v) is 4.65. The van der Waals surface area contributed by atoms with Gasteiger partial charge in [-0.3, -0.25) is 14.9 Å². The molecule has 0 saturated heterocycles. The molecule has 0 saturated carbocycles. The van der Waals surface area contributed by atoms with Crippen LogP contribution < -0.4 is 5.32 Å². The van der Waals surface area contributed by atoms with Gasteiger partial charge in [-0.25, -0.2) is 4.39 Å². The topological polar surface area (TPSA) is 72.2 Å². The first-order chi connectivity index (χ1) is 9.49. The number of nitrogens with one attached hydrogen (secondary N) is 1. The van der Waals surface area contributed by atoms with Crippen molar-refractivity contribution in [2.75, 3.05) is 5.32 Å². The number of hydrogen-bond acceptors (Lipinski definition) is 3. The first kappa shape index (κ1) is 14.1. The van der Waals surface area contributed by atoms with Crippen molar-refractivity contribution >= 4 is 33.2 Å². The molecule has 0 atom stereocenters. The number of nitro groups is 1. The third kappa shape index (κ3) is 3.00. The molecule has 0 radical (unpaired) electrons. The standard InChI is InChI=1S/C13H8BrFN2O3/c14-12-10(2-1-3-11(12)17(19)20)13(18)16-9-6-4-8(15)5-7-9/h1-7H,(H,16,18). The average Bonchev–Trinajstić information content (AvgIpc) is 2.41. The molecule has 0 unspecified atom stereocenters. The Morgan fingerprint density at radius 1 is 1.20 bits per heavy atom. The predicted molar refractivity (Wildman–Crippen MR) is 75.1 cm³/mol. The Kier molecular flexibility index (Phi) is 4.09. The van der Waals surface area contributed by atoms with Gasteiger partial charge in [-0.05, 0) is 46.3 Å². The largest absolute Gasteiger partial charge is 0.322 e. The Bertz CT molecular complexity index is 674. The summed E-state index contributed by atoms with van der Waals surface area (Å²) in [7, 11) is 0. The van der Waals surface area contributed by atoms with Crippen molar-refractivity contribution in [2.45, 2.75) is 0 Å². The van der Waals surface area contributed by atoms with Crippen LogP contribution in [0.5, 0.6) is 0 Å². The third-order valence-corrected chi connectivity index (χ3v) is 3.36. The molecular weight excluding hydrogens is 331 g/mol. The van der Waals surface area contributed by atoms with Crippen molar-refractivity contribution < 1.29 is 14.1 Å². The third-order valence-electron chi connectivity index (χ3n) is 2.52. The number of benzene rings is 2. The summed E-state index contributed by atoms with van der Waals surface area (Å²) >= 11 is 3.04. The van der Waals surface area contributed by atoms with E-state index in [1.54, 1.807) is 0 Å². The van der Waals surface area contributed by atoms with Crippen LogP contribution in [0.15, 0.2) is 46.9 Å². The van der Waals surface area contributed by atoms with E-state index in [9.17, 15) is 19.3 Å². The Labute approximate surface area is 121 Å². The summed E-state index contributed by atoms with van der Waals surface area (Å²) in [6.07, 6.45) is 0. The van der Waals surface area contributed by atoms with E-state index in [2.05, 4.69) is 21.2 Å². The van der Waals surface area contributed by atoms with Crippen molar-refractivity contribution in [1.82, 2.24) is 0 Å². The van der Waals surface area contributed by atoms with E-state index in [0.717, 1.165) is 0 Å². The van der Waals surface area contributed by atoms with Crippen molar-refractivity contribution in [3.8, 4) is 0 Å². The minimum atomic E-state index is -0.585. The van der Waals surface area contributed by atoms with Crippen LogP contribution in [0.4, 0.5) is 15.8 Å².